The Balaban J connectivity index is 2.02. The fourth-order valence-electron chi connectivity index (χ4n) is 2.79. The quantitative estimate of drug-likeness (QED) is 0.728. The number of rotatable bonds is 4. The molecule has 2 rings (SSSR count). The Morgan fingerprint density at radius 3 is 2.53 bits per heavy atom. The Labute approximate surface area is 113 Å². The summed E-state index contributed by atoms with van der Waals surface area (Å²) in [5.41, 5.74) is 5.28. The van der Waals surface area contributed by atoms with Crippen molar-refractivity contribution >= 4 is 11.8 Å². The third-order valence-corrected chi connectivity index (χ3v) is 3.81. The zero-order valence-corrected chi connectivity index (χ0v) is 11.3. The molecule has 2 saturated heterocycles. The lowest BCUT2D eigenvalue weighted by Gasteiger charge is -2.36. The molecule has 0 aliphatic carbocycles. The highest BCUT2D eigenvalue weighted by molar-refractivity contribution is 5.86. The van der Waals surface area contributed by atoms with Crippen molar-refractivity contribution in [2.75, 3.05) is 26.2 Å². The second kappa shape index (κ2) is 6.86. The number of amides is 2. The van der Waals surface area contributed by atoms with Gasteiger partial charge in [0.1, 0.15) is 6.10 Å². The van der Waals surface area contributed by atoms with E-state index in [9.17, 15) is 9.59 Å². The highest BCUT2D eigenvalue weighted by Crippen LogP contribution is 2.19. The molecule has 2 aliphatic rings. The van der Waals surface area contributed by atoms with Gasteiger partial charge in [-0.25, -0.2) is 0 Å². The van der Waals surface area contributed by atoms with Crippen LogP contribution in [-0.2, 0) is 14.3 Å². The molecule has 19 heavy (non-hydrogen) atoms. The van der Waals surface area contributed by atoms with Crippen LogP contribution in [0.15, 0.2) is 0 Å². The second-order valence-corrected chi connectivity index (χ2v) is 5.27. The summed E-state index contributed by atoms with van der Waals surface area (Å²) in [5.74, 6) is -0.520. The Morgan fingerprint density at radius 2 is 1.95 bits per heavy atom. The average molecular weight is 269 g/mol. The van der Waals surface area contributed by atoms with Gasteiger partial charge in [-0.05, 0) is 45.2 Å². The van der Waals surface area contributed by atoms with Crippen LogP contribution in [0.5, 0.6) is 0 Å². The highest BCUT2D eigenvalue weighted by Gasteiger charge is 2.32. The van der Waals surface area contributed by atoms with E-state index in [0.29, 0.717) is 6.61 Å². The molecule has 2 amide bonds. The molecule has 2 aliphatic heterocycles. The van der Waals surface area contributed by atoms with Crippen LogP contribution in [0.1, 0.15) is 32.1 Å². The number of hydrogen-bond acceptors (Lipinski definition) is 4. The van der Waals surface area contributed by atoms with E-state index < -0.39 is 5.91 Å². The minimum Gasteiger partial charge on any atom is -0.368 e. The van der Waals surface area contributed by atoms with Gasteiger partial charge in [0, 0.05) is 12.6 Å². The van der Waals surface area contributed by atoms with Crippen molar-refractivity contribution < 1.29 is 14.3 Å². The summed E-state index contributed by atoms with van der Waals surface area (Å²) in [6.45, 7) is 2.38. The van der Waals surface area contributed by atoms with Crippen molar-refractivity contribution in [2.24, 2.45) is 5.73 Å². The van der Waals surface area contributed by atoms with E-state index in [1.807, 2.05) is 0 Å². The maximum absolute atomic E-state index is 12.5. The molecular formula is C13H23N3O3. The lowest BCUT2D eigenvalue weighted by molar-refractivity contribution is -0.151. The molecule has 0 saturated carbocycles. The molecule has 0 radical (unpaired) electrons. The van der Waals surface area contributed by atoms with E-state index in [-0.39, 0.29) is 24.6 Å². The van der Waals surface area contributed by atoms with Crippen LogP contribution in [-0.4, -0.2) is 55.1 Å². The Morgan fingerprint density at radius 1 is 1.21 bits per heavy atom. The van der Waals surface area contributed by atoms with Crippen molar-refractivity contribution in [3.63, 3.8) is 0 Å². The fraction of sp³-hybridized carbons (Fsp3) is 0.846. The molecule has 0 spiro atoms. The molecule has 0 aromatic carbocycles. The lowest BCUT2D eigenvalue weighted by Crippen LogP contribution is -2.53. The second-order valence-electron chi connectivity index (χ2n) is 5.27. The standard InChI is InChI=1S/C13H23N3O3/c14-12(17)9-16(10-4-6-15-7-5-10)13(18)11-3-1-2-8-19-11/h10-11,15H,1-9H2,(H2,14,17). The Kier molecular flexibility index (Phi) is 5.15. The molecule has 2 heterocycles. The normalized spacial score (nSPS) is 24.9. The predicted molar refractivity (Wildman–Crippen MR) is 70.4 cm³/mol. The maximum atomic E-state index is 12.5. The van der Waals surface area contributed by atoms with Gasteiger partial charge in [0.25, 0.3) is 5.91 Å². The molecule has 0 aromatic rings. The average Bonchev–Trinajstić information content (AvgIpc) is 2.46. The van der Waals surface area contributed by atoms with Crippen molar-refractivity contribution in [1.82, 2.24) is 10.2 Å². The van der Waals surface area contributed by atoms with Gasteiger partial charge in [0.15, 0.2) is 0 Å². The summed E-state index contributed by atoms with van der Waals surface area (Å²) in [4.78, 5) is 25.4. The zero-order valence-electron chi connectivity index (χ0n) is 11.3. The first-order valence-corrected chi connectivity index (χ1v) is 7.09. The monoisotopic (exact) mass is 269 g/mol. The van der Waals surface area contributed by atoms with E-state index in [2.05, 4.69) is 5.32 Å². The van der Waals surface area contributed by atoms with Gasteiger partial charge in [0.2, 0.25) is 5.91 Å². The fourth-order valence-corrected chi connectivity index (χ4v) is 2.79. The van der Waals surface area contributed by atoms with Crippen molar-refractivity contribution in [3.8, 4) is 0 Å². The molecule has 0 aromatic heterocycles. The van der Waals surface area contributed by atoms with Gasteiger partial charge in [0.05, 0.1) is 6.54 Å². The van der Waals surface area contributed by atoms with E-state index in [4.69, 9.17) is 10.5 Å². The maximum Gasteiger partial charge on any atom is 0.252 e. The summed E-state index contributed by atoms with van der Waals surface area (Å²) in [6.07, 6.45) is 4.11. The zero-order chi connectivity index (χ0) is 13.7. The van der Waals surface area contributed by atoms with Gasteiger partial charge in [-0.3, -0.25) is 9.59 Å². The van der Waals surface area contributed by atoms with Crippen molar-refractivity contribution in [1.29, 1.82) is 0 Å². The number of ether oxygens (including phenoxy) is 1. The number of carbonyl (C=O) groups is 2. The van der Waals surface area contributed by atoms with Crippen LogP contribution in [0.25, 0.3) is 0 Å². The first-order valence-electron chi connectivity index (χ1n) is 7.09. The third kappa shape index (κ3) is 3.91. The van der Waals surface area contributed by atoms with E-state index in [1.54, 1.807) is 4.90 Å². The predicted octanol–water partition coefficient (Wildman–Crippen LogP) is -0.379. The first-order chi connectivity index (χ1) is 9.18. The third-order valence-electron chi connectivity index (χ3n) is 3.81. The van der Waals surface area contributed by atoms with Crippen LogP contribution in [0.3, 0.4) is 0 Å². The van der Waals surface area contributed by atoms with Gasteiger partial charge < -0.3 is 20.7 Å². The summed E-state index contributed by atoms with van der Waals surface area (Å²) < 4.78 is 5.53. The molecule has 3 N–H and O–H groups in total. The minimum absolute atomic E-state index is 0.00333. The summed E-state index contributed by atoms with van der Waals surface area (Å²) in [6, 6.07) is 0.103. The molecule has 6 heteroatoms. The molecule has 1 atom stereocenters. The van der Waals surface area contributed by atoms with E-state index in [1.165, 1.54) is 0 Å². The van der Waals surface area contributed by atoms with Crippen LogP contribution in [0.4, 0.5) is 0 Å². The lowest BCUT2D eigenvalue weighted by atomic mass is 10.0. The number of piperidine rings is 1. The SMILES string of the molecule is NC(=O)CN(C(=O)C1CCCCO1)C1CCNCC1. The number of hydrogen-bond donors (Lipinski definition) is 2. The Hall–Kier alpha value is -1.14. The van der Waals surface area contributed by atoms with Crippen LogP contribution in [0, 0.1) is 0 Å². The highest BCUT2D eigenvalue weighted by atomic mass is 16.5. The molecule has 0 bridgehead atoms. The van der Waals surface area contributed by atoms with Gasteiger partial charge in [-0.1, -0.05) is 0 Å². The van der Waals surface area contributed by atoms with Gasteiger partial charge in [-0.2, -0.15) is 0 Å². The summed E-state index contributed by atoms with van der Waals surface area (Å²) >= 11 is 0. The van der Waals surface area contributed by atoms with E-state index >= 15 is 0 Å². The Bertz CT molecular complexity index is 323. The molecule has 1 unspecified atom stereocenters. The van der Waals surface area contributed by atoms with E-state index in [0.717, 1.165) is 45.2 Å². The summed E-state index contributed by atoms with van der Waals surface area (Å²) in [7, 11) is 0. The molecule has 108 valence electrons. The van der Waals surface area contributed by atoms with Crippen LogP contribution in [0.2, 0.25) is 0 Å². The largest absolute Gasteiger partial charge is 0.368 e. The number of nitrogens with two attached hydrogens (primary N) is 1. The van der Waals surface area contributed by atoms with Gasteiger partial charge in [-0.15, -0.1) is 0 Å². The topological polar surface area (TPSA) is 84.7 Å². The van der Waals surface area contributed by atoms with Crippen LogP contribution < -0.4 is 11.1 Å². The number of nitrogens with zero attached hydrogens (tertiary/aromatic N) is 1. The van der Waals surface area contributed by atoms with Crippen molar-refractivity contribution in [3.05, 3.63) is 0 Å². The minimum atomic E-state index is -0.456. The number of carbonyl (C=O) groups excluding carboxylic acids is 2. The van der Waals surface area contributed by atoms with Crippen LogP contribution >= 0.6 is 0 Å². The molecular weight excluding hydrogens is 246 g/mol. The molecule has 6 nitrogen and oxygen atoms in total. The summed E-state index contributed by atoms with van der Waals surface area (Å²) in [5, 5.41) is 3.26. The van der Waals surface area contributed by atoms with Gasteiger partial charge >= 0.3 is 0 Å². The first kappa shape index (κ1) is 14.3. The molecule has 2 fully saturated rings. The number of nitrogens with one attached hydrogen (secondary N) is 1. The smallest absolute Gasteiger partial charge is 0.252 e. The van der Waals surface area contributed by atoms with Crippen molar-refractivity contribution in [2.45, 2.75) is 44.2 Å². The number of primary amides is 1.